The zero-order valence-electron chi connectivity index (χ0n) is 18.4. The molecular formula is C25H23FN4O4. The van der Waals surface area contributed by atoms with E-state index in [4.69, 9.17) is 4.42 Å². The lowest BCUT2D eigenvalue weighted by molar-refractivity contribution is -0.132. The third kappa shape index (κ3) is 4.00. The van der Waals surface area contributed by atoms with E-state index in [0.29, 0.717) is 48.5 Å². The molecule has 3 heterocycles. The van der Waals surface area contributed by atoms with Crippen LogP contribution in [0.3, 0.4) is 0 Å². The first-order valence-electron chi connectivity index (χ1n) is 11.0. The number of carbonyl (C=O) groups excluding carboxylic acids is 1. The fourth-order valence-corrected chi connectivity index (χ4v) is 4.36. The third-order valence-corrected chi connectivity index (χ3v) is 6.15. The molecule has 0 N–H and O–H groups in total. The minimum Gasteiger partial charge on any atom is -0.467 e. The third-order valence-electron chi connectivity index (χ3n) is 6.15. The van der Waals surface area contributed by atoms with Crippen LogP contribution in [0.5, 0.6) is 0 Å². The highest BCUT2D eigenvalue weighted by Gasteiger charge is 2.24. The molecule has 2 aromatic carbocycles. The molecule has 34 heavy (non-hydrogen) atoms. The summed E-state index contributed by atoms with van der Waals surface area (Å²) in [6.45, 7) is 1.57. The summed E-state index contributed by atoms with van der Waals surface area (Å²) < 4.78 is 21.9. The number of nitrogens with zero attached hydrogens (tertiary/aromatic N) is 4. The van der Waals surface area contributed by atoms with Gasteiger partial charge in [0.25, 0.3) is 5.56 Å². The number of hydrogen-bond donors (Lipinski definition) is 0. The van der Waals surface area contributed by atoms with E-state index in [-0.39, 0.29) is 24.8 Å². The van der Waals surface area contributed by atoms with Crippen LogP contribution in [0.15, 0.2) is 80.9 Å². The first-order valence-corrected chi connectivity index (χ1v) is 11.0. The van der Waals surface area contributed by atoms with E-state index >= 15 is 0 Å². The first kappa shape index (κ1) is 21.7. The van der Waals surface area contributed by atoms with Crippen LogP contribution < -0.4 is 16.1 Å². The quantitative estimate of drug-likeness (QED) is 0.455. The number of benzene rings is 2. The van der Waals surface area contributed by atoms with Gasteiger partial charge in [-0.2, -0.15) is 0 Å². The molecule has 0 bridgehead atoms. The highest BCUT2D eigenvalue weighted by molar-refractivity contribution is 5.82. The number of rotatable bonds is 5. The van der Waals surface area contributed by atoms with Crippen molar-refractivity contribution in [1.29, 1.82) is 0 Å². The summed E-state index contributed by atoms with van der Waals surface area (Å²) in [4.78, 5) is 43.0. The second-order valence-corrected chi connectivity index (χ2v) is 8.18. The van der Waals surface area contributed by atoms with Crippen LogP contribution in [0.25, 0.3) is 10.9 Å². The molecule has 5 rings (SSSR count). The minimum atomic E-state index is -0.571. The zero-order valence-corrected chi connectivity index (χ0v) is 18.4. The van der Waals surface area contributed by atoms with Crippen molar-refractivity contribution in [3.8, 4) is 0 Å². The van der Waals surface area contributed by atoms with Crippen LogP contribution in [0.2, 0.25) is 0 Å². The molecular weight excluding hydrogens is 439 g/mol. The summed E-state index contributed by atoms with van der Waals surface area (Å²) in [6.07, 6.45) is 1.48. The number of halogens is 1. The monoisotopic (exact) mass is 462 g/mol. The lowest BCUT2D eigenvalue weighted by Crippen LogP contribution is -2.51. The van der Waals surface area contributed by atoms with Crippen LogP contribution in [-0.2, 0) is 17.9 Å². The van der Waals surface area contributed by atoms with Gasteiger partial charge in [-0.1, -0.05) is 24.3 Å². The minimum absolute atomic E-state index is 0.0228. The molecule has 1 amide bonds. The number of fused-ring (bicyclic) bond motifs is 1. The number of piperazine rings is 1. The van der Waals surface area contributed by atoms with Crippen molar-refractivity contribution in [1.82, 2.24) is 14.0 Å². The van der Waals surface area contributed by atoms with E-state index < -0.39 is 11.2 Å². The van der Waals surface area contributed by atoms with Gasteiger partial charge < -0.3 is 14.2 Å². The maximum absolute atomic E-state index is 14.1. The Bertz CT molecular complexity index is 1450. The highest BCUT2D eigenvalue weighted by atomic mass is 19.1. The van der Waals surface area contributed by atoms with E-state index in [1.165, 1.54) is 16.9 Å². The predicted molar refractivity (Wildman–Crippen MR) is 125 cm³/mol. The SMILES string of the molecule is O=C(Cn1c(=O)n(Cc2ccco2)c(=O)c2ccccc21)N1CCN(c2ccccc2F)CC1. The molecule has 0 aliphatic carbocycles. The number of furan rings is 1. The van der Waals surface area contributed by atoms with Crippen molar-refractivity contribution < 1.29 is 13.6 Å². The molecule has 2 aromatic heterocycles. The number of para-hydroxylation sites is 2. The Labute approximate surface area is 194 Å². The molecule has 9 heteroatoms. The van der Waals surface area contributed by atoms with Crippen LogP contribution in [0.1, 0.15) is 5.76 Å². The number of carbonyl (C=O) groups is 1. The lowest BCUT2D eigenvalue weighted by atomic mass is 10.2. The van der Waals surface area contributed by atoms with Crippen LogP contribution in [0.4, 0.5) is 10.1 Å². The van der Waals surface area contributed by atoms with Crippen LogP contribution >= 0.6 is 0 Å². The smallest absolute Gasteiger partial charge is 0.332 e. The maximum Gasteiger partial charge on any atom is 0.332 e. The van der Waals surface area contributed by atoms with Gasteiger partial charge in [0.2, 0.25) is 5.91 Å². The number of hydrogen-bond acceptors (Lipinski definition) is 5. The summed E-state index contributed by atoms with van der Waals surface area (Å²) in [7, 11) is 0. The van der Waals surface area contributed by atoms with E-state index in [2.05, 4.69) is 0 Å². The van der Waals surface area contributed by atoms with Crippen molar-refractivity contribution in [2.45, 2.75) is 13.1 Å². The topological polar surface area (TPSA) is 80.7 Å². The first-order chi connectivity index (χ1) is 16.5. The average Bonchev–Trinajstić information content (AvgIpc) is 3.38. The van der Waals surface area contributed by atoms with Gasteiger partial charge in [0.1, 0.15) is 18.1 Å². The molecule has 174 valence electrons. The summed E-state index contributed by atoms with van der Waals surface area (Å²) in [6, 6.07) is 16.7. The van der Waals surface area contributed by atoms with E-state index in [1.807, 2.05) is 4.90 Å². The molecule has 0 radical (unpaired) electrons. The summed E-state index contributed by atoms with van der Waals surface area (Å²) in [5.41, 5.74) is -0.0778. The maximum atomic E-state index is 14.1. The molecule has 1 fully saturated rings. The summed E-state index contributed by atoms with van der Waals surface area (Å²) in [5.74, 6) is -0.0561. The Balaban J connectivity index is 1.40. The van der Waals surface area contributed by atoms with Gasteiger partial charge in [-0.3, -0.25) is 18.7 Å². The lowest BCUT2D eigenvalue weighted by Gasteiger charge is -2.36. The Morgan fingerprint density at radius 1 is 0.882 bits per heavy atom. The summed E-state index contributed by atoms with van der Waals surface area (Å²) >= 11 is 0. The van der Waals surface area contributed by atoms with Crippen molar-refractivity contribution >= 4 is 22.5 Å². The van der Waals surface area contributed by atoms with Gasteiger partial charge in [-0.15, -0.1) is 0 Å². The Morgan fingerprint density at radius 2 is 1.62 bits per heavy atom. The second-order valence-electron chi connectivity index (χ2n) is 8.18. The second kappa shape index (κ2) is 9.01. The van der Waals surface area contributed by atoms with Crippen LogP contribution in [0, 0.1) is 5.82 Å². The van der Waals surface area contributed by atoms with Crippen molar-refractivity contribution in [2.75, 3.05) is 31.1 Å². The molecule has 0 unspecified atom stereocenters. The van der Waals surface area contributed by atoms with Crippen molar-refractivity contribution in [2.24, 2.45) is 0 Å². The van der Waals surface area contributed by atoms with E-state index in [0.717, 1.165) is 4.57 Å². The van der Waals surface area contributed by atoms with Crippen LogP contribution in [-0.4, -0.2) is 46.1 Å². The highest BCUT2D eigenvalue weighted by Crippen LogP contribution is 2.20. The standard InChI is InChI=1S/C25H23FN4O4/c26-20-8-2-4-10-22(20)27-11-13-28(14-12-27)23(31)17-29-21-9-3-1-7-19(21)24(32)30(25(29)33)16-18-6-5-15-34-18/h1-10,15H,11-14,16-17H2. The normalized spacial score (nSPS) is 14.0. The molecule has 8 nitrogen and oxygen atoms in total. The van der Waals surface area contributed by atoms with Crippen molar-refractivity contribution in [3.05, 3.63) is 99.3 Å². The fourth-order valence-electron chi connectivity index (χ4n) is 4.36. The molecule has 1 aliphatic rings. The molecule has 0 atom stereocenters. The van der Waals surface area contributed by atoms with Gasteiger partial charge in [-0.25, -0.2) is 9.18 Å². The Kier molecular flexibility index (Phi) is 5.75. The van der Waals surface area contributed by atoms with Gasteiger partial charge in [-0.05, 0) is 36.4 Å². The largest absolute Gasteiger partial charge is 0.467 e. The zero-order chi connectivity index (χ0) is 23.7. The number of amides is 1. The number of anilines is 1. The van der Waals surface area contributed by atoms with E-state index in [1.54, 1.807) is 59.5 Å². The predicted octanol–water partition coefficient (Wildman–Crippen LogP) is 2.29. The fraction of sp³-hybridized carbons (Fsp3) is 0.240. The van der Waals surface area contributed by atoms with Crippen molar-refractivity contribution in [3.63, 3.8) is 0 Å². The molecule has 1 saturated heterocycles. The van der Waals surface area contributed by atoms with Gasteiger partial charge in [0.05, 0.1) is 29.4 Å². The Hall–Kier alpha value is -4.14. The Morgan fingerprint density at radius 3 is 2.35 bits per heavy atom. The van der Waals surface area contributed by atoms with Gasteiger partial charge in [0, 0.05) is 26.2 Å². The number of aromatic nitrogens is 2. The molecule has 0 spiro atoms. The molecule has 0 saturated carbocycles. The molecule has 1 aliphatic heterocycles. The van der Waals surface area contributed by atoms with E-state index in [9.17, 15) is 18.8 Å². The van der Waals surface area contributed by atoms with Gasteiger partial charge in [0.15, 0.2) is 0 Å². The summed E-state index contributed by atoms with van der Waals surface area (Å²) in [5, 5.41) is 0.353. The molecule has 4 aromatic rings. The van der Waals surface area contributed by atoms with Gasteiger partial charge >= 0.3 is 5.69 Å². The average molecular weight is 462 g/mol.